The van der Waals surface area contributed by atoms with Gasteiger partial charge in [0.1, 0.15) is 6.04 Å². The minimum absolute atomic E-state index is 0.103. The number of carbonyl (C=O) groups excluding carboxylic acids is 3. The quantitative estimate of drug-likeness (QED) is 0.682. The van der Waals surface area contributed by atoms with Crippen molar-refractivity contribution in [3.63, 3.8) is 0 Å². The van der Waals surface area contributed by atoms with Gasteiger partial charge in [0, 0.05) is 25.6 Å². The molecule has 0 spiro atoms. The molecule has 1 aliphatic heterocycles. The topological polar surface area (TPSA) is 107 Å². The van der Waals surface area contributed by atoms with Crippen molar-refractivity contribution < 1.29 is 14.4 Å². The van der Waals surface area contributed by atoms with E-state index in [9.17, 15) is 14.4 Å². The van der Waals surface area contributed by atoms with Crippen LogP contribution < -0.4 is 10.6 Å². The van der Waals surface area contributed by atoms with Crippen molar-refractivity contribution in [2.24, 2.45) is 0 Å². The van der Waals surface area contributed by atoms with E-state index < -0.39 is 12.1 Å². The molecule has 0 radical (unpaired) electrons. The third-order valence-corrected chi connectivity index (χ3v) is 4.12. The van der Waals surface area contributed by atoms with Gasteiger partial charge in [0.05, 0.1) is 11.9 Å². The molecule has 1 aromatic heterocycles. The number of rotatable bonds is 6. The maximum absolute atomic E-state index is 12.3. The molecule has 1 unspecified atom stereocenters. The zero-order valence-corrected chi connectivity index (χ0v) is 13.8. The number of benzene rings is 1. The molecule has 1 aromatic carbocycles. The molecular formula is C17H19N5O3. The third-order valence-electron chi connectivity index (χ3n) is 4.12. The fraction of sp³-hybridized carbons (Fsp3) is 0.294. The Labute approximate surface area is 144 Å². The van der Waals surface area contributed by atoms with E-state index >= 15 is 0 Å². The van der Waals surface area contributed by atoms with Gasteiger partial charge in [-0.2, -0.15) is 5.10 Å². The third kappa shape index (κ3) is 3.85. The summed E-state index contributed by atoms with van der Waals surface area (Å²) in [4.78, 5) is 36.5. The van der Waals surface area contributed by atoms with Gasteiger partial charge < -0.3 is 10.2 Å². The smallest absolute Gasteiger partial charge is 0.322 e. The fourth-order valence-electron chi connectivity index (χ4n) is 2.75. The van der Waals surface area contributed by atoms with Gasteiger partial charge >= 0.3 is 6.03 Å². The molecule has 0 bridgehead atoms. The monoisotopic (exact) mass is 341 g/mol. The molecule has 0 saturated carbocycles. The van der Waals surface area contributed by atoms with E-state index in [2.05, 4.69) is 20.8 Å². The average Bonchev–Trinajstić information content (AvgIpc) is 3.19. The Hall–Kier alpha value is -3.16. The first-order chi connectivity index (χ1) is 12.0. The van der Waals surface area contributed by atoms with Crippen LogP contribution in [-0.2, 0) is 16.1 Å². The Kier molecular flexibility index (Phi) is 4.78. The number of aromatic nitrogens is 2. The minimum atomic E-state index is -0.640. The van der Waals surface area contributed by atoms with E-state index in [4.69, 9.17) is 0 Å². The molecule has 2 heterocycles. The Bertz CT molecular complexity index is 787. The van der Waals surface area contributed by atoms with E-state index in [1.54, 1.807) is 18.1 Å². The van der Waals surface area contributed by atoms with Crippen LogP contribution in [0.25, 0.3) is 11.3 Å². The van der Waals surface area contributed by atoms with Crippen LogP contribution in [0, 0.1) is 0 Å². The second-order valence-corrected chi connectivity index (χ2v) is 5.94. The van der Waals surface area contributed by atoms with E-state index in [1.807, 2.05) is 30.3 Å². The van der Waals surface area contributed by atoms with Gasteiger partial charge in [0.25, 0.3) is 5.91 Å². The number of H-pyrrole nitrogens is 1. The summed E-state index contributed by atoms with van der Waals surface area (Å²) in [6.07, 6.45) is 2.15. The van der Waals surface area contributed by atoms with Crippen LogP contribution in [0.4, 0.5) is 4.79 Å². The molecule has 8 heteroatoms. The number of imide groups is 1. The van der Waals surface area contributed by atoms with Gasteiger partial charge in [-0.3, -0.25) is 20.0 Å². The van der Waals surface area contributed by atoms with E-state index in [0.717, 1.165) is 16.8 Å². The number of amides is 4. The maximum atomic E-state index is 12.3. The van der Waals surface area contributed by atoms with Crippen LogP contribution >= 0.6 is 0 Å². The lowest BCUT2D eigenvalue weighted by Crippen LogP contribution is -2.32. The summed E-state index contributed by atoms with van der Waals surface area (Å²) in [5, 5.41) is 11.7. The van der Waals surface area contributed by atoms with Crippen molar-refractivity contribution in [3.8, 4) is 11.3 Å². The molecule has 3 N–H and O–H groups in total. The summed E-state index contributed by atoms with van der Waals surface area (Å²) in [7, 11) is 1.71. The van der Waals surface area contributed by atoms with Crippen molar-refractivity contribution >= 4 is 17.8 Å². The highest BCUT2D eigenvalue weighted by Gasteiger charge is 2.29. The van der Waals surface area contributed by atoms with Crippen LogP contribution in [0.5, 0.6) is 0 Å². The van der Waals surface area contributed by atoms with Gasteiger partial charge in [-0.05, 0) is 12.0 Å². The average molecular weight is 341 g/mol. The molecular weight excluding hydrogens is 322 g/mol. The van der Waals surface area contributed by atoms with Crippen LogP contribution in [0.1, 0.15) is 18.4 Å². The standard InChI is InChI=1S/C17H19N5O3/c1-22(14(23)8-7-13-16(24)20-17(25)19-13)10-12-9-18-21-15(12)11-5-3-2-4-6-11/h2-6,9,13H,7-8,10H2,1H3,(H,18,21)(H2,19,20,24,25). The van der Waals surface area contributed by atoms with Gasteiger partial charge in [0.2, 0.25) is 5.91 Å². The second kappa shape index (κ2) is 7.16. The molecule has 8 nitrogen and oxygen atoms in total. The Morgan fingerprint density at radius 1 is 1.24 bits per heavy atom. The maximum Gasteiger partial charge on any atom is 0.322 e. The van der Waals surface area contributed by atoms with Crippen molar-refractivity contribution in [3.05, 3.63) is 42.1 Å². The number of urea groups is 1. The molecule has 1 fully saturated rings. The summed E-state index contributed by atoms with van der Waals surface area (Å²) in [5.41, 5.74) is 2.79. The molecule has 1 aliphatic rings. The highest BCUT2D eigenvalue weighted by atomic mass is 16.2. The molecule has 1 atom stereocenters. The number of nitrogens with zero attached hydrogens (tertiary/aromatic N) is 2. The van der Waals surface area contributed by atoms with E-state index in [0.29, 0.717) is 6.54 Å². The second-order valence-electron chi connectivity index (χ2n) is 5.94. The highest BCUT2D eigenvalue weighted by molar-refractivity contribution is 6.04. The van der Waals surface area contributed by atoms with Crippen molar-refractivity contribution in [1.29, 1.82) is 0 Å². The molecule has 0 aliphatic carbocycles. The molecule has 130 valence electrons. The van der Waals surface area contributed by atoms with Gasteiger partial charge in [0.15, 0.2) is 0 Å². The van der Waals surface area contributed by atoms with Crippen LogP contribution in [0.15, 0.2) is 36.5 Å². The highest BCUT2D eigenvalue weighted by Crippen LogP contribution is 2.21. The molecule has 25 heavy (non-hydrogen) atoms. The van der Waals surface area contributed by atoms with Crippen molar-refractivity contribution in [2.45, 2.75) is 25.4 Å². The summed E-state index contributed by atoms with van der Waals surface area (Å²) < 4.78 is 0. The molecule has 1 saturated heterocycles. The first-order valence-electron chi connectivity index (χ1n) is 7.97. The van der Waals surface area contributed by atoms with Crippen LogP contribution in [-0.4, -0.2) is 46.0 Å². The number of nitrogens with one attached hydrogen (secondary N) is 3. The van der Waals surface area contributed by atoms with Crippen molar-refractivity contribution in [1.82, 2.24) is 25.7 Å². The Balaban J connectivity index is 1.58. The van der Waals surface area contributed by atoms with Gasteiger partial charge in [-0.25, -0.2) is 4.79 Å². The zero-order valence-electron chi connectivity index (χ0n) is 13.8. The summed E-state index contributed by atoms with van der Waals surface area (Å²) in [5.74, 6) is -0.490. The normalized spacial score (nSPS) is 16.4. The van der Waals surface area contributed by atoms with Gasteiger partial charge in [-0.15, -0.1) is 0 Å². The van der Waals surface area contributed by atoms with E-state index in [1.165, 1.54) is 0 Å². The summed E-state index contributed by atoms with van der Waals surface area (Å²) >= 11 is 0. The Morgan fingerprint density at radius 2 is 2.00 bits per heavy atom. The van der Waals surface area contributed by atoms with E-state index in [-0.39, 0.29) is 24.7 Å². The first kappa shape index (κ1) is 16.7. The van der Waals surface area contributed by atoms with Crippen LogP contribution in [0.2, 0.25) is 0 Å². The van der Waals surface area contributed by atoms with Crippen LogP contribution in [0.3, 0.4) is 0 Å². The van der Waals surface area contributed by atoms with Gasteiger partial charge in [-0.1, -0.05) is 30.3 Å². The van der Waals surface area contributed by atoms with Crippen molar-refractivity contribution in [2.75, 3.05) is 7.05 Å². The predicted octanol–water partition coefficient (Wildman–Crippen LogP) is 1.02. The molecule has 2 aromatic rings. The number of hydrogen-bond donors (Lipinski definition) is 3. The number of carbonyl (C=O) groups is 3. The predicted molar refractivity (Wildman–Crippen MR) is 90.2 cm³/mol. The lowest BCUT2D eigenvalue weighted by Gasteiger charge is -2.18. The first-order valence-corrected chi connectivity index (χ1v) is 7.97. The Morgan fingerprint density at radius 3 is 2.68 bits per heavy atom. The lowest BCUT2D eigenvalue weighted by atomic mass is 10.1. The molecule has 4 amide bonds. The summed E-state index contributed by atoms with van der Waals surface area (Å²) in [6.45, 7) is 0.406. The summed E-state index contributed by atoms with van der Waals surface area (Å²) in [6, 6.07) is 8.61. The number of hydrogen-bond acceptors (Lipinski definition) is 4. The number of aromatic amines is 1. The zero-order chi connectivity index (χ0) is 17.8. The largest absolute Gasteiger partial charge is 0.341 e. The fourth-order valence-corrected chi connectivity index (χ4v) is 2.75. The SMILES string of the molecule is CN(Cc1cn[nH]c1-c1ccccc1)C(=O)CCC1NC(=O)NC1=O. The molecule has 3 rings (SSSR count). The minimum Gasteiger partial charge on any atom is -0.341 e. The lowest BCUT2D eigenvalue weighted by molar-refractivity contribution is -0.130.